The molecule has 6 heteroatoms. The van der Waals surface area contributed by atoms with E-state index in [1.54, 1.807) is 6.92 Å². The number of aryl methyl sites for hydroxylation is 1. The molecule has 0 aliphatic rings. The van der Waals surface area contributed by atoms with Gasteiger partial charge in [0.25, 0.3) is 0 Å². The average molecular weight is 273 g/mol. The fourth-order valence-corrected chi connectivity index (χ4v) is 1.74. The summed E-state index contributed by atoms with van der Waals surface area (Å²) in [4.78, 5) is 19.8. The van der Waals surface area contributed by atoms with Gasteiger partial charge in [0.05, 0.1) is 12.8 Å². The van der Waals surface area contributed by atoms with Crippen molar-refractivity contribution in [1.29, 1.82) is 0 Å². The number of hydrogen-bond acceptors (Lipinski definition) is 6. The van der Waals surface area contributed by atoms with Crippen molar-refractivity contribution in [2.24, 2.45) is 0 Å². The van der Waals surface area contributed by atoms with Crippen molar-refractivity contribution in [1.82, 2.24) is 9.97 Å². The molecule has 2 rings (SSSR count). The number of nitrogens with zero attached hydrogens (tertiary/aromatic N) is 2. The summed E-state index contributed by atoms with van der Waals surface area (Å²) in [6, 6.07) is 9.31. The van der Waals surface area contributed by atoms with Crippen LogP contribution in [0.2, 0.25) is 0 Å². The minimum Gasteiger partial charge on any atom is -0.486 e. The fourth-order valence-electron chi connectivity index (χ4n) is 1.74. The van der Waals surface area contributed by atoms with Crippen LogP contribution in [0, 0.1) is 6.92 Å². The van der Waals surface area contributed by atoms with E-state index in [0.29, 0.717) is 17.3 Å². The first-order valence-corrected chi connectivity index (χ1v) is 6.01. The monoisotopic (exact) mass is 273 g/mol. The number of para-hydroxylation sites is 1. The van der Waals surface area contributed by atoms with Crippen LogP contribution in [0.5, 0.6) is 5.75 Å². The number of hydrogen-bond donors (Lipinski definition) is 1. The number of methoxy groups -OCH3 is 1. The first-order valence-electron chi connectivity index (χ1n) is 6.01. The van der Waals surface area contributed by atoms with Crippen LogP contribution in [0.3, 0.4) is 0 Å². The Balaban J connectivity index is 2.16. The largest absolute Gasteiger partial charge is 0.486 e. The van der Waals surface area contributed by atoms with Gasteiger partial charge in [-0.25, -0.2) is 14.8 Å². The smallest absolute Gasteiger partial charge is 0.343 e. The SMILES string of the molecule is COC(=O)c1c(C)nc(COc2ccccc2)nc1N. The maximum atomic E-state index is 11.5. The summed E-state index contributed by atoms with van der Waals surface area (Å²) < 4.78 is 10.2. The topological polar surface area (TPSA) is 87.3 Å². The molecule has 0 radical (unpaired) electrons. The summed E-state index contributed by atoms with van der Waals surface area (Å²) in [5.74, 6) is 0.674. The van der Waals surface area contributed by atoms with Crippen LogP contribution in [0.15, 0.2) is 30.3 Å². The van der Waals surface area contributed by atoms with Gasteiger partial charge in [-0.3, -0.25) is 0 Å². The lowest BCUT2D eigenvalue weighted by molar-refractivity contribution is 0.0600. The van der Waals surface area contributed by atoms with Gasteiger partial charge in [0.15, 0.2) is 5.82 Å². The van der Waals surface area contributed by atoms with Gasteiger partial charge < -0.3 is 15.2 Å². The lowest BCUT2D eigenvalue weighted by Gasteiger charge is -2.09. The van der Waals surface area contributed by atoms with E-state index in [0.717, 1.165) is 0 Å². The standard InChI is InChI=1S/C14H15N3O3/c1-9-12(14(18)19-2)13(15)17-11(16-9)8-20-10-6-4-3-5-7-10/h3-7H,8H2,1-2H3,(H2,15,16,17). The van der Waals surface area contributed by atoms with E-state index in [2.05, 4.69) is 14.7 Å². The zero-order chi connectivity index (χ0) is 14.5. The maximum absolute atomic E-state index is 11.5. The zero-order valence-corrected chi connectivity index (χ0v) is 11.3. The predicted molar refractivity (Wildman–Crippen MR) is 73.3 cm³/mol. The van der Waals surface area contributed by atoms with Gasteiger partial charge in [0.2, 0.25) is 0 Å². The van der Waals surface area contributed by atoms with Crippen molar-refractivity contribution in [3.8, 4) is 5.75 Å². The highest BCUT2D eigenvalue weighted by Gasteiger charge is 2.17. The van der Waals surface area contributed by atoms with Gasteiger partial charge in [-0.2, -0.15) is 0 Å². The molecule has 0 bridgehead atoms. The van der Waals surface area contributed by atoms with Crippen molar-refractivity contribution in [3.63, 3.8) is 0 Å². The third-order valence-corrected chi connectivity index (χ3v) is 2.66. The van der Waals surface area contributed by atoms with Gasteiger partial charge in [-0.05, 0) is 19.1 Å². The Morgan fingerprint density at radius 2 is 1.95 bits per heavy atom. The average Bonchev–Trinajstić information content (AvgIpc) is 2.45. The quantitative estimate of drug-likeness (QED) is 0.854. The van der Waals surface area contributed by atoms with Crippen molar-refractivity contribution in [2.75, 3.05) is 12.8 Å². The van der Waals surface area contributed by atoms with Gasteiger partial charge in [0, 0.05) is 0 Å². The molecule has 0 aliphatic heterocycles. The lowest BCUT2D eigenvalue weighted by Crippen LogP contribution is -2.14. The Morgan fingerprint density at radius 1 is 1.25 bits per heavy atom. The molecule has 0 saturated heterocycles. The Morgan fingerprint density at radius 3 is 2.55 bits per heavy atom. The van der Waals surface area contributed by atoms with E-state index in [1.807, 2.05) is 30.3 Å². The van der Waals surface area contributed by atoms with Gasteiger partial charge in [-0.15, -0.1) is 0 Å². The number of ether oxygens (including phenoxy) is 2. The number of benzene rings is 1. The van der Waals surface area contributed by atoms with E-state index >= 15 is 0 Å². The summed E-state index contributed by atoms with van der Waals surface area (Å²) in [6.07, 6.45) is 0. The molecule has 20 heavy (non-hydrogen) atoms. The summed E-state index contributed by atoms with van der Waals surface area (Å²) in [5, 5.41) is 0. The number of aromatic nitrogens is 2. The number of anilines is 1. The van der Waals surface area contributed by atoms with Crippen molar-refractivity contribution < 1.29 is 14.3 Å². The van der Waals surface area contributed by atoms with Crippen LogP contribution < -0.4 is 10.5 Å². The Labute approximate surface area is 116 Å². The number of esters is 1. The first kappa shape index (κ1) is 13.8. The normalized spacial score (nSPS) is 10.1. The molecule has 2 aromatic rings. The van der Waals surface area contributed by atoms with E-state index in [4.69, 9.17) is 10.5 Å². The zero-order valence-electron chi connectivity index (χ0n) is 11.3. The Bertz CT molecular complexity index is 591. The third-order valence-electron chi connectivity index (χ3n) is 2.66. The van der Waals surface area contributed by atoms with Crippen molar-refractivity contribution >= 4 is 11.8 Å². The number of carbonyl (C=O) groups is 1. The molecule has 104 valence electrons. The molecule has 0 aliphatic carbocycles. The van der Waals surface area contributed by atoms with E-state index in [-0.39, 0.29) is 18.0 Å². The predicted octanol–water partition coefficient (Wildman–Crippen LogP) is 1.73. The summed E-state index contributed by atoms with van der Waals surface area (Å²) >= 11 is 0. The van der Waals surface area contributed by atoms with Crippen LogP contribution in [-0.2, 0) is 11.3 Å². The second kappa shape index (κ2) is 6.01. The van der Waals surface area contributed by atoms with E-state index in [9.17, 15) is 4.79 Å². The molecule has 2 N–H and O–H groups in total. The van der Waals surface area contributed by atoms with Gasteiger partial charge >= 0.3 is 5.97 Å². The van der Waals surface area contributed by atoms with E-state index in [1.165, 1.54) is 7.11 Å². The highest BCUT2D eigenvalue weighted by atomic mass is 16.5. The highest BCUT2D eigenvalue weighted by molar-refractivity contribution is 5.95. The number of rotatable bonds is 4. The molecular weight excluding hydrogens is 258 g/mol. The molecule has 0 unspecified atom stereocenters. The summed E-state index contributed by atoms with van der Waals surface area (Å²) in [5.41, 5.74) is 6.42. The molecule has 0 spiro atoms. The molecular formula is C14H15N3O3. The molecule has 0 fully saturated rings. The van der Waals surface area contributed by atoms with Crippen molar-refractivity contribution in [3.05, 3.63) is 47.4 Å². The van der Waals surface area contributed by atoms with Crippen LogP contribution >= 0.6 is 0 Å². The molecule has 0 saturated carbocycles. The molecule has 1 aromatic carbocycles. The third kappa shape index (κ3) is 3.03. The highest BCUT2D eigenvalue weighted by Crippen LogP contribution is 2.16. The van der Waals surface area contributed by atoms with Crippen LogP contribution in [0.25, 0.3) is 0 Å². The lowest BCUT2D eigenvalue weighted by atomic mass is 10.2. The Hall–Kier alpha value is -2.63. The minimum atomic E-state index is -0.546. The second-order valence-corrected chi connectivity index (χ2v) is 4.08. The molecule has 1 heterocycles. The second-order valence-electron chi connectivity index (χ2n) is 4.08. The molecule has 0 atom stereocenters. The minimum absolute atomic E-state index is 0.0935. The molecule has 6 nitrogen and oxygen atoms in total. The first-order chi connectivity index (χ1) is 9.61. The summed E-state index contributed by atoms with van der Waals surface area (Å²) in [7, 11) is 1.29. The molecule has 0 amide bonds. The fraction of sp³-hybridized carbons (Fsp3) is 0.214. The number of nitrogen functional groups attached to an aromatic ring is 1. The molecule has 1 aromatic heterocycles. The number of carbonyl (C=O) groups excluding carboxylic acids is 1. The van der Waals surface area contributed by atoms with Crippen LogP contribution in [-0.4, -0.2) is 23.0 Å². The van der Waals surface area contributed by atoms with Crippen LogP contribution in [0.1, 0.15) is 21.9 Å². The Kier molecular flexibility index (Phi) is 4.14. The van der Waals surface area contributed by atoms with Gasteiger partial charge in [-0.1, -0.05) is 18.2 Å². The summed E-state index contributed by atoms with van der Waals surface area (Å²) in [6.45, 7) is 1.85. The van der Waals surface area contributed by atoms with Gasteiger partial charge in [0.1, 0.15) is 23.7 Å². The van der Waals surface area contributed by atoms with Crippen molar-refractivity contribution in [2.45, 2.75) is 13.5 Å². The van der Waals surface area contributed by atoms with E-state index < -0.39 is 5.97 Å². The van der Waals surface area contributed by atoms with Crippen LogP contribution in [0.4, 0.5) is 5.82 Å². The number of nitrogens with two attached hydrogens (primary N) is 1. The maximum Gasteiger partial charge on any atom is 0.343 e.